The van der Waals surface area contributed by atoms with E-state index in [1.54, 1.807) is 0 Å². The van der Waals surface area contributed by atoms with E-state index in [4.69, 9.17) is 4.52 Å². The second-order valence-corrected chi connectivity index (χ2v) is 9.13. The molecule has 0 radical (unpaired) electrons. The maximum atomic E-state index is 10.2. The monoisotopic (exact) mass is 324 g/mol. The average molecular weight is 324 g/mol. The summed E-state index contributed by atoms with van der Waals surface area (Å²) in [6, 6.07) is 0. The second-order valence-electron chi connectivity index (χ2n) is 6.38. The molecule has 3 N–H and O–H groups in total. The van der Waals surface area contributed by atoms with E-state index in [9.17, 15) is 14.7 Å². The minimum atomic E-state index is -4.93. The van der Waals surface area contributed by atoms with Crippen LogP contribution in [-0.2, 0) is 4.52 Å². The molecule has 0 rings (SSSR count). The van der Waals surface area contributed by atoms with Crippen LogP contribution < -0.4 is 0 Å². The van der Waals surface area contributed by atoms with E-state index in [0.29, 0.717) is 0 Å². The van der Waals surface area contributed by atoms with Crippen LogP contribution in [-0.4, -0.2) is 27.4 Å². The van der Waals surface area contributed by atoms with Gasteiger partial charge in [0, 0.05) is 0 Å². The summed E-state index contributed by atoms with van der Waals surface area (Å²) in [6.45, 7) is 8.57. The van der Waals surface area contributed by atoms with Crippen LogP contribution in [0.5, 0.6) is 0 Å². The molecule has 130 valence electrons. The van der Waals surface area contributed by atoms with Gasteiger partial charge in [-0.25, -0.2) is 0 Å². The Kier molecular flexibility index (Phi) is 10.3. The third kappa shape index (κ3) is 10.6. The number of rotatable bonds is 13. The van der Waals surface area contributed by atoms with Gasteiger partial charge in [0.15, 0.2) is 0 Å². The quantitative estimate of drug-likeness (QED) is 0.432. The van der Waals surface area contributed by atoms with Crippen LogP contribution in [0.3, 0.4) is 0 Å². The Morgan fingerprint density at radius 2 is 1.29 bits per heavy atom. The predicted molar refractivity (Wildman–Crippen MR) is 91.0 cm³/mol. The molecule has 0 heterocycles. The zero-order valence-corrected chi connectivity index (χ0v) is 15.3. The first-order valence-electron chi connectivity index (χ1n) is 8.67. The molecule has 21 heavy (non-hydrogen) atoms. The van der Waals surface area contributed by atoms with Gasteiger partial charge >= 0.3 is 130 Å². The zero-order chi connectivity index (χ0) is 16.4. The molecule has 0 aliphatic heterocycles. The van der Waals surface area contributed by atoms with Gasteiger partial charge in [-0.05, 0) is 0 Å². The van der Waals surface area contributed by atoms with Crippen LogP contribution in [0.15, 0.2) is 0 Å². The Bertz CT molecular complexity index is 263. The molecule has 2 unspecified atom stereocenters. The number of hydrogen-bond acceptors (Lipinski definition) is 4. The molecule has 0 aromatic heterocycles. The molecule has 0 saturated carbocycles. The van der Waals surface area contributed by atoms with E-state index in [-0.39, 0.29) is 24.6 Å². The van der Waals surface area contributed by atoms with Crippen LogP contribution in [0.2, 0.25) is 0 Å². The van der Waals surface area contributed by atoms with Crippen LogP contribution in [0, 0.1) is 11.8 Å². The second kappa shape index (κ2) is 10.1. The molecule has 0 spiro atoms. The first kappa shape index (κ1) is 21.3. The van der Waals surface area contributed by atoms with Crippen molar-refractivity contribution in [1.29, 1.82) is 0 Å². The molecular formula is C16H37O4P. The van der Waals surface area contributed by atoms with Crippen molar-refractivity contribution in [2.45, 2.75) is 79.1 Å². The molecule has 5 heteroatoms. The van der Waals surface area contributed by atoms with Gasteiger partial charge in [-0.1, -0.05) is 0 Å². The standard InChI is InChI=1S/C16H37O4P/c1-5-9-11-15(7-3)13-20-21(17,18,19)14-16(8-4)12-10-6-2/h15-19H,5-14H2,1-4H3. The number of unbranched alkanes of at least 4 members (excludes halogenated alkanes) is 2. The Balaban J connectivity index is 4.44. The normalized spacial score (nSPS) is 17.2. The summed E-state index contributed by atoms with van der Waals surface area (Å²) < 4.78 is 5.28. The topological polar surface area (TPSA) is 69.9 Å². The Morgan fingerprint density at radius 1 is 0.810 bits per heavy atom. The summed E-state index contributed by atoms with van der Waals surface area (Å²) in [5.74, 6) is 0.395. The first-order chi connectivity index (χ1) is 9.75. The van der Waals surface area contributed by atoms with Gasteiger partial charge in [-0.15, -0.1) is 0 Å². The molecule has 0 aromatic rings. The Labute approximate surface area is 131 Å². The van der Waals surface area contributed by atoms with Gasteiger partial charge in [0.25, 0.3) is 0 Å². The van der Waals surface area contributed by atoms with Crippen molar-refractivity contribution < 1.29 is 19.2 Å². The van der Waals surface area contributed by atoms with E-state index in [1.807, 2.05) is 6.92 Å². The van der Waals surface area contributed by atoms with E-state index in [0.717, 1.165) is 51.4 Å². The Morgan fingerprint density at radius 3 is 1.71 bits per heavy atom. The van der Waals surface area contributed by atoms with Crippen molar-refractivity contribution in [2.24, 2.45) is 11.8 Å². The summed E-state index contributed by atoms with van der Waals surface area (Å²) in [7, 11) is -4.93. The average Bonchev–Trinajstić information content (AvgIpc) is 2.43. The molecule has 4 nitrogen and oxygen atoms in total. The van der Waals surface area contributed by atoms with Gasteiger partial charge in [0.2, 0.25) is 0 Å². The van der Waals surface area contributed by atoms with Gasteiger partial charge in [-0.3, -0.25) is 0 Å². The van der Waals surface area contributed by atoms with Gasteiger partial charge in [0.1, 0.15) is 0 Å². The number of hydrogen-bond donors (Lipinski definition) is 3. The van der Waals surface area contributed by atoms with Crippen molar-refractivity contribution in [2.75, 3.05) is 12.8 Å². The molecule has 0 amide bonds. The van der Waals surface area contributed by atoms with E-state index >= 15 is 0 Å². The maximum absolute atomic E-state index is 10.2. The van der Waals surface area contributed by atoms with Crippen molar-refractivity contribution >= 4 is 7.51 Å². The third-order valence-electron chi connectivity index (χ3n) is 4.24. The van der Waals surface area contributed by atoms with Crippen molar-refractivity contribution in [3.63, 3.8) is 0 Å². The molecule has 0 saturated heterocycles. The van der Waals surface area contributed by atoms with Gasteiger partial charge in [0.05, 0.1) is 0 Å². The van der Waals surface area contributed by atoms with Crippen LogP contribution >= 0.6 is 7.51 Å². The zero-order valence-electron chi connectivity index (χ0n) is 14.4. The molecular weight excluding hydrogens is 287 g/mol. The predicted octanol–water partition coefficient (Wildman–Crippen LogP) is 4.63. The van der Waals surface area contributed by atoms with Gasteiger partial charge in [-0.2, -0.15) is 0 Å². The molecule has 0 aliphatic rings. The molecule has 2 atom stereocenters. The Hall–Kier alpha value is 0.270. The molecule has 0 fully saturated rings. The van der Waals surface area contributed by atoms with Crippen molar-refractivity contribution in [3.05, 3.63) is 0 Å². The first-order valence-corrected chi connectivity index (χ1v) is 10.9. The van der Waals surface area contributed by atoms with Crippen LogP contribution in [0.25, 0.3) is 0 Å². The third-order valence-corrected chi connectivity index (χ3v) is 6.07. The van der Waals surface area contributed by atoms with Crippen molar-refractivity contribution in [3.8, 4) is 0 Å². The summed E-state index contributed by atoms with van der Waals surface area (Å²) in [5, 5.41) is 0. The fourth-order valence-corrected chi connectivity index (χ4v) is 4.54. The summed E-state index contributed by atoms with van der Waals surface area (Å²) in [6.07, 6.45) is 7.99. The van der Waals surface area contributed by atoms with E-state index in [2.05, 4.69) is 20.8 Å². The minimum absolute atomic E-state index is 0.0215. The fourth-order valence-electron chi connectivity index (χ4n) is 2.58. The molecule has 0 aromatic carbocycles. The fraction of sp³-hybridized carbons (Fsp3) is 1.00. The summed E-state index contributed by atoms with van der Waals surface area (Å²) in [5.41, 5.74) is 0. The van der Waals surface area contributed by atoms with Crippen molar-refractivity contribution in [1.82, 2.24) is 0 Å². The van der Waals surface area contributed by atoms with E-state index in [1.165, 1.54) is 0 Å². The molecule has 0 aliphatic carbocycles. The van der Waals surface area contributed by atoms with Crippen LogP contribution in [0.4, 0.5) is 0 Å². The summed E-state index contributed by atoms with van der Waals surface area (Å²) >= 11 is 0. The van der Waals surface area contributed by atoms with E-state index < -0.39 is 7.51 Å². The van der Waals surface area contributed by atoms with Gasteiger partial charge < -0.3 is 0 Å². The summed E-state index contributed by atoms with van der Waals surface area (Å²) in [4.78, 5) is 30.5. The van der Waals surface area contributed by atoms with Crippen LogP contribution in [0.1, 0.15) is 79.1 Å². The SMILES string of the molecule is CCCCC(CC)COP(O)(O)(O)CC(CC)CCCC. The molecule has 0 bridgehead atoms.